The first-order valence-electron chi connectivity index (χ1n) is 17.2. The van der Waals surface area contributed by atoms with Gasteiger partial charge in [0.2, 0.25) is 12.5 Å². The van der Waals surface area contributed by atoms with E-state index >= 15 is 0 Å². The van der Waals surface area contributed by atoms with E-state index in [-0.39, 0.29) is 48.7 Å². The molecule has 2 aromatic rings. The number of carboxylic acid groups (broad SMARTS) is 1. The van der Waals surface area contributed by atoms with Crippen LogP contribution in [0.5, 0.6) is 28.7 Å². The molecule has 0 aromatic heterocycles. The highest BCUT2D eigenvalue weighted by molar-refractivity contribution is 5.79. The van der Waals surface area contributed by atoms with E-state index in [9.17, 15) is 14.4 Å². The number of cyclic esters (lactones) is 1. The van der Waals surface area contributed by atoms with Gasteiger partial charge in [0.25, 0.3) is 0 Å². The van der Waals surface area contributed by atoms with Crippen LogP contribution in [-0.4, -0.2) is 50.6 Å². The topological polar surface area (TPSA) is 127 Å². The van der Waals surface area contributed by atoms with Crippen molar-refractivity contribution in [1.82, 2.24) is 0 Å². The lowest BCUT2D eigenvalue weighted by molar-refractivity contribution is -0.141. The molecule has 2 heterocycles. The van der Waals surface area contributed by atoms with E-state index in [4.69, 9.17) is 33.5 Å². The van der Waals surface area contributed by atoms with E-state index < -0.39 is 5.97 Å². The number of benzene rings is 2. The third-order valence-electron chi connectivity index (χ3n) is 9.61. The molecule has 0 radical (unpaired) electrons. The van der Waals surface area contributed by atoms with Crippen LogP contribution in [0.4, 0.5) is 0 Å². The number of hydrogen-bond donors (Lipinski definition) is 1. The Morgan fingerprint density at radius 3 is 1.89 bits per heavy atom. The Morgan fingerprint density at radius 1 is 0.766 bits per heavy atom. The van der Waals surface area contributed by atoms with Crippen molar-refractivity contribution in [3.8, 4) is 28.7 Å². The summed E-state index contributed by atoms with van der Waals surface area (Å²) in [5.74, 6) is 0.395. The predicted octanol–water partition coefficient (Wildman–Crippen LogP) is 7.36. The summed E-state index contributed by atoms with van der Waals surface area (Å²) in [4.78, 5) is 36.4. The first-order valence-corrected chi connectivity index (χ1v) is 17.2. The zero-order valence-corrected chi connectivity index (χ0v) is 27.7. The van der Waals surface area contributed by atoms with Crippen LogP contribution >= 0.6 is 0 Å². The maximum atomic E-state index is 13.0. The summed E-state index contributed by atoms with van der Waals surface area (Å²) in [7, 11) is 3.05. The van der Waals surface area contributed by atoms with Crippen molar-refractivity contribution in [3.63, 3.8) is 0 Å². The number of methoxy groups -OCH3 is 2. The maximum absolute atomic E-state index is 13.0. The standard InChI is InChI=1S/C37H48O10/c1-42-30-19-25(34-27-21-29-28(45-23-46-29)18-24(27)17-26-22-44-37(41)35(26)34)20-31(43-2)36(30)47-33(40)16-14-12-10-8-6-4-3-5-7-9-11-13-15-32(38)39/h18-21,26,34-35H,3-17,22-23H2,1-2H3,(H,38,39)/t26-,34+,35-/m0/s1. The van der Waals surface area contributed by atoms with Gasteiger partial charge in [-0.3, -0.25) is 14.4 Å². The van der Waals surface area contributed by atoms with Crippen LogP contribution in [0.3, 0.4) is 0 Å². The van der Waals surface area contributed by atoms with Gasteiger partial charge in [0.05, 0.1) is 26.7 Å². The van der Waals surface area contributed by atoms with Gasteiger partial charge in [0.1, 0.15) is 0 Å². The predicted molar refractivity (Wildman–Crippen MR) is 174 cm³/mol. The molecular formula is C37H48O10. The Hall–Kier alpha value is -3.95. The van der Waals surface area contributed by atoms with E-state index in [0.717, 1.165) is 61.6 Å². The molecule has 1 fully saturated rings. The molecule has 3 atom stereocenters. The monoisotopic (exact) mass is 652 g/mol. The summed E-state index contributed by atoms with van der Waals surface area (Å²) >= 11 is 0. The van der Waals surface area contributed by atoms with Gasteiger partial charge in [-0.05, 0) is 60.2 Å². The van der Waals surface area contributed by atoms with Crippen LogP contribution in [0.2, 0.25) is 0 Å². The van der Waals surface area contributed by atoms with Gasteiger partial charge in [-0.1, -0.05) is 64.2 Å². The molecule has 5 rings (SSSR count). The summed E-state index contributed by atoms with van der Waals surface area (Å²) in [5, 5.41) is 8.68. The molecule has 3 aliphatic rings. The molecular weight excluding hydrogens is 604 g/mol. The van der Waals surface area contributed by atoms with Crippen molar-refractivity contribution in [2.75, 3.05) is 27.6 Å². The van der Waals surface area contributed by atoms with Crippen LogP contribution in [0.15, 0.2) is 24.3 Å². The number of esters is 2. The third-order valence-corrected chi connectivity index (χ3v) is 9.61. The minimum atomic E-state index is -0.706. The normalized spacial score (nSPS) is 19.1. The summed E-state index contributed by atoms with van der Waals surface area (Å²) in [6.07, 6.45) is 14.1. The maximum Gasteiger partial charge on any atom is 0.311 e. The van der Waals surface area contributed by atoms with Gasteiger partial charge >= 0.3 is 17.9 Å². The van der Waals surface area contributed by atoms with Crippen molar-refractivity contribution in [3.05, 3.63) is 41.0 Å². The number of fused-ring (bicyclic) bond motifs is 3. The van der Waals surface area contributed by atoms with Crippen molar-refractivity contribution in [2.24, 2.45) is 11.8 Å². The van der Waals surface area contributed by atoms with E-state index in [2.05, 4.69) is 0 Å². The molecule has 2 aromatic carbocycles. The van der Waals surface area contributed by atoms with E-state index in [1.165, 1.54) is 46.3 Å². The van der Waals surface area contributed by atoms with Gasteiger partial charge in [-0.2, -0.15) is 0 Å². The molecule has 10 heteroatoms. The van der Waals surface area contributed by atoms with Crippen molar-refractivity contribution >= 4 is 17.9 Å². The Kier molecular flexibility index (Phi) is 12.3. The average Bonchev–Trinajstić information content (AvgIpc) is 3.68. The molecule has 0 saturated carbocycles. The molecule has 2 aliphatic heterocycles. The van der Waals surface area contributed by atoms with Crippen LogP contribution in [0, 0.1) is 11.8 Å². The second-order valence-corrected chi connectivity index (χ2v) is 12.9. The second kappa shape index (κ2) is 16.7. The number of hydrogen-bond acceptors (Lipinski definition) is 9. The lowest BCUT2D eigenvalue weighted by Gasteiger charge is -2.34. The number of rotatable bonds is 19. The largest absolute Gasteiger partial charge is 0.493 e. The number of unbranched alkanes of at least 4 members (excludes halogenated alkanes) is 11. The Bertz CT molecular complexity index is 1380. The van der Waals surface area contributed by atoms with E-state index in [0.29, 0.717) is 42.4 Å². The van der Waals surface area contributed by atoms with Gasteiger partial charge < -0.3 is 33.5 Å². The summed E-state index contributed by atoms with van der Waals surface area (Å²) < 4.78 is 34.1. The van der Waals surface area contributed by atoms with Crippen molar-refractivity contribution in [1.29, 1.82) is 0 Å². The molecule has 256 valence electrons. The molecule has 1 saturated heterocycles. The molecule has 47 heavy (non-hydrogen) atoms. The minimum absolute atomic E-state index is 0.0305. The Labute approximate surface area is 277 Å². The zero-order chi connectivity index (χ0) is 33.2. The fourth-order valence-corrected chi connectivity index (χ4v) is 7.16. The van der Waals surface area contributed by atoms with Crippen LogP contribution in [-0.2, 0) is 25.5 Å². The quantitative estimate of drug-likeness (QED) is 0.0934. The van der Waals surface area contributed by atoms with Crippen molar-refractivity contribution in [2.45, 2.75) is 102 Å². The number of carbonyl (C=O) groups excluding carboxylic acids is 2. The third kappa shape index (κ3) is 8.70. The first kappa shape index (κ1) is 34.4. The molecule has 1 N–H and O–H groups in total. The number of ether oxygens (including phenoxy) is 6. The smallest absolute Gasteiger partial charge is 0.311 e. The zero-order valence-electron chi connectivity index (χ0n) is 27.7. The number of carbonyl (C=O) groups is 3. The van der Waals surface area contributed by atoms with Crippen LogP contribution < -0.4 is 23.7 Å². The van der Waals surface area contributed by atoms with E-state index in [1.54, 1.807) is 0 Å². The highest BCUT2D eigenvalue weighted by Crippen LogP contribution is 2.52. The Balaban J connectivity index is 1.12. The average molecular weight is 653 g/mol. The lowest BCUT2D eigenvalue weighted by atomic mass is 9.67. The molecule has 0 bridgehead atoms. The van der Waals surface area contributed by atoms with Gasteiger partial charge in [0, 0.05) is 24.7 Å². The minimum Gasteiger partial charge on any atom is -0.493 e. The summed E-state index contributed by atoms with van der Waals surface area (Å²) in [6.45, 7) is 0.539. The molecule has 1 aliphatic carbocycles. The van der Waals surface area contributed by atoms with Gasteiger partial charge in [-0.15, -0.1) is 0 Å². The Morgan fingerprint density at radius 2 is 1.32 bits per heavy atom. The molecule has 0 unspecified atom stereocenters. The highest BCUT2D eigenvalue weighted by atomic mass is 16.7. The SMILES string of the molecule is COc1cc([C@@H]2c3cc4c(cc3C[C@H]3COC(=O)[C@@H]32)OCO4)cc(OC)c1OC(=O)CCCCCCCCCCCCCCC(=O)O. The molecule has 10 nitrogen and oxygen atoms in total. The van der Waals surface area contributed by atoms with Crippen LogP contribution in [0.1, 0.15) is 112 Å². The fourth-order valence-electron chi connectivity index (χ4n) is 7.16. The van der Waals surface area contributed by atoms with Gasteiger partial charge in [-0.25, -0.2) is 0 Å². The van der Waals surface area contributed by atoms with E-state index in [1.807, 2.05) is 24.3 Å². The lowest BCUT2D eigenvalue weighted by Crippen LogP contribution is -2.31. The number of aliphatic carboxylic acids is 1. The van der Waals surface area contributed by atoms with Crippen LogP contribution in [0.25, 0.3) is 0 Å². The number of carboxylic acids is 1. The summed E-state index contributed by atoms with van der Waals surface area (Å²) in [6, 6.07) is 7.63. The highest BCUT2D eigenvalue weighted by Gasteiger charge is 2.48. The van der Waals surface area contributed by atoms with Crippen molar-refractivity contribution < 1.29 is 47.9 Å². The molecule has 0 spiro atoms. The summed E-state index contributed by atoms with van der Waals surface area (Å²) in [5.41, 5.74) is 2.88. The fraction of sp³-hybridized carbons (Fsp3) is 0.595. The van der Waals surface area contributed by atoms with Gasteiger partial charge in [0.15, 0.2) is 23.0 Å². The molecule has 0 amide bonds. The first-order chi connectivity index (χ1) is 22.9. The second-order valence-electron chi connectivity index (χ2n) is 12.9.